The SMILES string of the molecule is NC(=O)OC1C[C@H](O)CO[C@H]1C(=O)N1CCc2ccccc2[C@@H]1c1ccc(F)cc1. The van der Waals surface area contributed by atoms with Crippen molar-refractivity contribution in [3.8, 4) is 0 Å². The lowest BCUT2D eigenvalue weighted by molar-refractivity contribution is -0.169. The Morgan fingerprint density at radius 2 is 1.90 bits per heavy atom. The van der Waals surface area contributed by atoms with Gasteiger partial charge in [0.25, 0.3) is 5.91 Å². The molecule has 2 amide bonds. The molecule has 0 aliphatic carbocycles. The van der Waals surface area contributed by atoms with Gasteiger partial charge in [-0.2, -0.15) is 0 Å². The summed E-state index contributed by atoms with van der Waals surface area (Å²) in [4.78, 5) is 26.5. The van der Waals surface area contributed by atoms with E-state index < -0.39 is 30.4 Å². The first-order valence-corrected chi connectivity index (χ1v) is 9.83. The summed E-state index contributed by atoms with van der Waals surface area (Å²) in [6.07, 6.45) is -3.23. The van der Waals surface area contributed by atoms with Crippen LogP contribution in [-0.4, -0.2) is 53.5 Å². The van der Waals surface area contributed by atoms with Gasteiger partial charge in [0.1, 0.15) is 11.9 Å². The standard InChI is InChI=1S/C22H23FN2O5/c23-15-7-5-14(6-8-15)19-17-4-2-1-3-13(17)9-10-25(19)21(27)20-18(30-22(24)28)11-16(26)12-29-20/h1-8,16,18-20,26H,9-12H2,(H2,24,28)/t16-,18?,19-,20+/m0/s1. The number of amides is 2. The zero-order valence-corrected chi connectivity index (χ0v) is 16.2. The molecule has 158 valence electrons. The fraction of sp³-hybridized carbons (Fsp3) is 0.364. The van der Waals surface area contributed by atoms with Crippen LogP contribution < -0.4 is 5.73 Å². The van der Waals surface area contributed by atoms with E-state index in [-0.39, 0.29) is 24.8 Å². The quantitative estimate of drug-likeness (QED) is 0.799. The van der Waals surface area contributed by atoms with Crippen LogP contribution in [0.15, 0.2) is 48.5 Å². The zero-order valence-electron chi connectivity index (χ0n) is 16.2. The fourth-order valence-corrected chi connectivity index (χ4v) is 4.24. The predicted molar refractivity (Wildman–Crippen MR) is 105 cm³/mol. The van der Waals surface area contributed by atoms with Crippen LogP contribution in [0.25, 0.3) is 0 Å². The van der Waals surface area contributed by atoms with Crippen molar-refractivity contribution in [3.05, 3.63) is 71.0 Å². The minimum atomic E-state index is -1.07. The minimum absolute atomic E-state index is 0.0410. The molecule has 7 nitrogen and oxygen atoms in total. The van der Waals surface area contributed by atoms with E-state index >= 15 is 0 Å². The summed E-state index contributed by atoms with van der Waals surface area (Å²) in [6.45, 7) is 0.379. The molecule has 2 heterocycles. The van der Waals surface area contributed by atoms with Crippen molar-refractivity contribution in [2.75, 3.05) is 13.2 Å². The number of rotatable bonds is 3. The van der Waals surface area contributed by atoms with Gasteiger partial charge >= 0.3 is 6.09 Å². The second-order valence-corrected chi connectivity index (χ2v) is 7.55. The van der Waals surface area contributed by atoms with Gasteiger partial charge in [0.15, 0.2) is 6.10 Å². The maximum atomic E-state index is 13.5. The molecule has 0 saturated carbocycles. The molecule has 3 N–H and O–H groups in total. The van der Waals surface area contributed by atoms with Crippen molar-refractivity contribution in [3.63, 3.8) is 0 Å². The summed E-state index contributed by atoms with van der Waals surface area (Å²) in [5.41, 5.74) is 7.97. The second-order valence-electron chi connectivity index (χ2n) is 7.55. The zero-order chi connectivity index (χ0) is 21.3. The van der Waals surface area contributed by atoms with Crippen molar-refractivity contribution in [2.24, 2.45) is 5.73 Å². The third kappa shape index (κ3) is 4.01. The van der Waals surface area contributed by atoms with Crippen LogP contribution in [0.2, 0.25) is 0 Å². The highest BCUT2D eigenvalue weighted by Crippen LogP contribution is 2.36. The molecular weight excluding hydrogens is 391 g/mol. The summed E-state index contributed by atoms with van der Waals surface area (Å²) in [6, 6.07) is 13.4. The van der Waals surface area contributed by atoms with Crippen molar-refractivity contribution in [1.82, 2.24) is 4.90 Å². The number of aliphatic hydroxyl groups is 1. The number of primary amides is 1. The van der Waals surface area contributed by atoms with Crippen LogP contribution in [0.4, 0.5) is 9.18 Å². The van der Waals surface area contributed by atoms with Crippen LogP contribution in [0, 0.1) is 5.82 Å². The third-order valence-electron chi connectivity index (χ3n) is 5.57. The van der Waals surface area contributed by atoms with E-state index in [9.17, 15) is 19.1 Å². The molecule has 1 fully saturated rings. The van der Waals surface area contributed by atoms with Crippen molar-refractivity contribution in [2.45, 2.75) is 37.2 Å². The summed E-state index contributed by atoms with van der Waals surface area (Å²) < 4.78 is 24.2. The van der Waals surface area contributed by atoms with Crippen LogP contribution in [0.3, 0.4) is 0 Å². The normalized spacial score (nSPS) is 26.0. The fourth-order valence-electron chi connectivity index (χ4n) is 4.24. The number of benzene rings is 2. The summed E-state index contributed by atoms with van der Waals surface area (Å²) in [7, 11) is 0. The number of nitrogens with zero attached hydrogens (tertiary/aromatic N) is 1. The Bertz CT molecular complexity index is 935. The number of halogens is 1. The molecule has 2 aromatic carbocycles. The number of carbonyl (C=O) groups is 2. The molecule has 0 spiro atoms. The van der Waals surface area contributed by atoms with Gasteiger partial charge in [-0.15, -0.1) is 0 Å². The van der Waals surface area contributed by atoms with E-state index in [4.69, 9.17) is 15.2 Å². The van der Waals surface area contributed by atoms with Crippen molar-refractivity contribution < 1.29 is 28.6 Å². The number of aliphatic hydroxyl groups excluding tert-OH is 1. The highest BCUT2D eigenvalue weighted by Gasteiger charge is 2.43. The number of nitrogens with two attached hydrogens (primary N) is 1. The molecule has 1 unspecified atom stereocenters. The molecule has 0 aromatic heterocycles. The molecule has 0 bridgehead atoms. The lowest BCUT2D eigenvalue weighted by atomic mass is 9.87. The van der Waals surface area contributed by atoms with Crippen LogP contribution in [-0.2, 0) is 20.7 Å². The predicted octanol–water partition coefficient (Wildman–Crippen LogP) is 1.91. The third-order valence-corrected chi connectivity index (χ3v) is 5.57. The molecule has 2 aromatic rings. The van der Waals surface area contributed by atoms with E-state index in [1.807, 2.05) is 24.3 Å². The van der Waals surface area contributed by atoms with Gasteiger partial charge in [0.05, 0.1) is 18.8 Å². The van der Waals surface area contributed by atoms with Gasteiger partial charge in [0, 0.05) is 13.0 Å². The first-order valence-electron chi connectivity index (χ1n) is 9.83. The van der Waals surface area contributed by atoms with Crippen LogP contribution >= 0.6 is 0 Å². The first-order chi connectivity index (χ1) is 14.4. The summed E-state index contributed by atoms with van der Waals surface area (Å²) in [5, 5.41) is 9.87. The molecule has 2 aliphatic rings. The Kier molecular flexibility index (Phi) is 5.69. The van der Waals surface area contributed by atoms with Crippen molar-refractivity contribution >= 4 is 12.0 Å². The Morgan fingerprint density at radius 1 is 1.17 bits per heavy atom. The molecule has 2 aliphatic heterocycles. The number of carbonyl (C=O) groups excluding carboxylic acids is 2. The molecule has 30 heavy (non-hydrogen) atoms. The largest absolute Gasteiger partial charge is 0.443 e. The highest BCUT2D eigenvalue weighted by atomic mass is 19.1. The van der Waals surface area contributed by atoms with E-state index in [1.165, 1.54) is 12.1 Å². The lowest BCUT2D eigenvalue weighted by Crippen LogP contribution is -2.55. The maximum absolute atomic E-state index is 13.5. The maximum Gasteiger partial charge on any atom is 0.404 e. The average Bonchev–Trinajstić information content (AvgIpc) is 2.73. The van der Waals surface area contributed by atoms with Crippen LogP contribution in [0.1, 0.15) is 29.2 Å². The summed E-state index contributed by atoms with van der Waals surface area (Å²) >= 11 is 0. The number of fused-ring (bicyclic) bond motifs is 1. The molecule has 0 radical (unpaired) electrons. The van der Waals surface area contributed by atoms with Gasteiger partial charge in [-0.1, -0.05) is 36.4 Å². The molecule has 1 saturated heterocycles. The van der Waals surface area contributed by atoms with E-state index in [2.05, 4.69) is 0 Å². The minimum Gasteiger partial charge on any atom is -0.443 e. The summed E-state index contributed by atoms with van der Waals surface area (Å²) in [5.74, 6) is -0.725. The second kappa shape index (κ2) is 8.41. The lowest BCUT2D eigenvalue weighted by Gasteiger charge is -2.41. The average molecular weight is 414 g/mol. The van der Waals surface area contributed by atoms with Gasteiger partial charge < -0.3 is 25.2 Å². The first kappa shape index (κ1) is 20.3. The van der Waals surface area contributed by atoms with Gasteiger partial charge in [-0.05, 0) is 35.2 Å². The molecule has 8 heteroatoms. The van der Waals surface area contributed by atoms with Gasteiger partial charge in [-0.25, -0.2) is 9.18 Å². The van der Waals surface area contributed by atoms with Gasteiger partial charge in [0.2, 0.25) is 0 Å². The molecule has 4 rings (SSSR count). The van der Waals surface area contributed by atoms with E-state index in [1.54, 1.807) is 17.0 Å². The number of hydrogen-bond acceptors (Lipinski definition) is 5. The van der Waals surface area contributed by atoms with E-state index in [0.29, 0.717) is 13.0 Å². The Balaban J connectivity index is 1.69. The molecular formula is C22H23FN2O5. The smallest absolute Gasteiger partial charge is 0.404 e. The topological polar surface area (TPSA) is 102 Å². The number of ether oxygens (including phenoxy) is 2. The Labute approximate surface area is 173 Å². The number of hydrogen-bond donors (Lipinski definition) is 2. The van der Waals surface area contributed by atoms with Crippen molar-refractivity contribution in [1.29, 1.82) is 0 Å². The molecule has 4 atom stereocenters. The van der Waals surface area contributed by atoms with Gasteiger partial charge in [-0.3, -0.25) is 4.79 Å². The van der Waals surface area contributed by atoms with E-state index in [0.717, 1.165) is 16.7 Å². The van der Waals surface area contributed by atoms with Crippen LogP contribution in [0.5, 0.6) is 0 Å². The highest BCUT2D eigenvalue weighted by molar-refractivity contribution is 5.83. The monoisotopic (exact) mass is 414 g/mol. The Hall–Kier alpha value is -2.97. The Morgan fingerprint density at radius 3 is 2.63 bits per heavy atom.